The van der Waals surface area contributed by atoms with Gasteiger partial charge >= 0.3 is 5.97 Å². The SMILES string of the molecule is Cc1ccc(C(=O)OCC(=O)Nc2ccc(F)c(Cl)c2)cc1S(=O)(=O)N1CCOCC1. The van der Waals surface area contributed by atoms with Gasteiger partial charge < -0.3 is 14.8 Å². The van der Waals surface area contributed by atoms with Crippen molar-refractivity contribution >= 4 is 39.2 Å². The Morgan fingerprint density at radius 3 is 2.58 bits per heavy atom. The van der Waals surface area contributed by atoms with Crippen molar-refractivity contribution < 1.29 is 31.9 Å². The van der Waals surface area contributed by atoms with Crippen LogP contribution in [0.1, 0.15) is 15.9 Å². The molecule has 1 saturated heterocycles. The summed E-state index contributed by atoms with van der Waals surface area (Å²) >= 11 is 5.65. The maximum Gasteiger partial charge on any atom is 0.338 e. The van der Waals surface area contributed by atoms with Gasteiger partial charge in [0.2, 0.25) is 10.0 Å². The normalized spacial score (nSPS) is 14.8. The second-order valence-corrected chi connectivity index (χ2v) is 9.06. The first-order valence-electron chi connectivity index (χ1n) is 9.29. The van der Waals surface area contributed by atoms with Crippen LogP contribution in [0, 0.1) is 12.7 Å². The molecule has 0 atom stereocenters. The fourth-order valence-electron chi connectivity index (χ4n) is 2.92. The quantitative estimate of drug-likeness (QED) is 0.651. The van der Waals surface area contributed by atoms with E-state index in [0.29, 0.717) is 18.8 Å². The van der Waals surface area contributed by atoms with E-state index in [9.17, 15) is 22.4 Å². The molecule has 166 valence electrons. The Morgan fingerprint density at radius 2 is 1.90 bits per heavy atom. The predicted molar refractivity (Wildman–Crippen MR) is 111 cm³/mol. The lowest BCUT2D eigenvalue weighted by molar-refractivity contribution is -0.119. The molecular weight excluding hydrogens is 451 g/mol. The van der Waals surface area contributed by atoms with Gasteiger partial charge in [0.15, 0.2) is 6.61 Å². The molecule has 8 nitrogen and oxygen atoms in total. The molecule has 0 radical (unpaired) electrons. The summed E-state index contributed by atoms with van der Waals surface area (Å²) in [6.07, 6.45) is 0. The summed E-state index contributed by atoms with van der Waals surface area (Å²) in [7, 11) is -3.81. The number of anilines is 1. The molecule has 1 aliphatic heterocycles. The number of rotatable bonds is 6. The van der Waals surface area contributed by atoms with Crippen molar-refractivity contribution in [3.63, 3.8) is 0 Å². The average Bonchev–Trinajstić information content (AvgIpc) is 2.75. The second-order valence-electron chi connectivity index (χ2n) is 6.75. The summed E-state index contributed by atoms with van der Waals surface area (Å²) in [6.45, 7) is 2.06. The number of benzene rings is 2. The van der Waals surface area contributed by atoms with Gasteiger partial charge in [0, 0.05) is 18.8 Å². The molecule has 0 saturated carbocycles. The highest BCUT2D eigenvalue weighted by molar-refractivity contribution is 7.89. The number of hydrogen-bond acceptors (Lipinski definition) is 6. The number of morpholine rings is 1. The molecule has 0 bridgehead atoms. The highest BCUT2D eigenvalue weighted by atomic mass is 35.5. The van der Waals surface area contributed by atoms with Crippen LogP contribution in [-0.2, 0) is 24.3 Å². The Kier molecular flexibility index (Phi) is 7.26. The number of halogens is 2. The number of hydrogen-bond donors (Lipinski definition) is 1. The van der Waals surface area contributed by atoms with Gasteiger partial charge in [0.25, 0.3) is 5.91 Å². The minimum atomic E-state index is -3.81. The molecule has 1 N–H and O–H groups in total. The lowest BCUT2D eigenvalue weighted by Gasteiger charge is -2.26. The molecule has 2 aromatic rings. The molecule has 0 spiro atoms. The van der Waals surface area contributed by atoms with Gasteiger partial charge in [0.05, 0.1) is 28.7 Å². The molecule has 0 aliphatic carbocycles. The molecule has 1 amide bonds. The Labute approximate surface area is 183 Å². The standard InChI is InChI=1S/C20H20ClFN2O6S/c1-13-2-3-14(10-18(13)31(27,28)24-6-8-29-9-7-24)20(26)30-12-19(25)23-15-4-5-17(22)16(21)11-15/h2-5,10-11H,6-9,12H2,1H3,(H,23,25). The van der Waals surface area contributed by atoms with Crippen LogP contribution in [0.3, 0.4) is 0 Å². The van der Waals surface area contributed by atoms with E-state index in [1.807, 2.05) is 0 Å². The van der Waals surface area contributed by atoms with E-state index in [2.05, 4.69) is 5.32 Å². The van der Waals surface area contributed by atoms with E-state index in [4.69, 9.17) is 21.1 Å². The molecule has 1 aliphatic rings. The number of carbonyl (C=O) groups is 2. The molecule has 1 heterocycles. The molecular formula is C20H20ClFN2O6S. The van der Waals surface area contributed by atoms with E-state index >= 15 is 0 Å². The molecule has 0 aromatic heterocycles. The number of sulfonamides is 1. The molecule has 1 fully saturated rings. The highest BCUT2D eigenvalue weighted by Gasteiger charge is 2.28. The zero-order chi connectivity index (χ0) is 22.6. The summed E-state index contributed by atoms with van der Waals surface area (Å²) < 4.78 is 50.5. The molecule has 3 rings (SSSR count). The van der Waals surface area contributed by atoms with Gasteiger partial charge in [-0.2, -0.15) is 4.31 Å². The number of aryl methyl sites for hydroxylation is 1. The van der Waals surface area contributed by atoms with Crippen molar-refractivity contribution in [2.75, 3.05) is 38.2 Å². The third-order valence-electron chi connectivity index (χ3n) is 4.55. The van der Waals surface area contributed by atoms with Gasteiger partial charge in [-0.15, -0.1) is 0 Å². The first kappa shape index (κ1) is 23.1. The van der Waals surface area contributed by atoms with Crippen LogP contribution >= 0.6 is 11.6 Å². The van der Waals surface area contributed by atoms with Gasteiger partial charge in [-0.3, -0.25) is 4.79 Å². The summed E-state index contributed by atoms with van der Waals surface area (Å²) in [5.41, 5.74) is 0.714. The number of nitrogens with one attached hydrogen (secondary N) is 1. The molecule has 11 heteroatoms. The third kappa shape index (κ3) is 5.59. The van der Waals surface area contributed by atoms with E-state index < -0.39 is 34.3 Å². The first-order valence-corrected chi connectivity index (χ1v) is 11.1. The largest absolute Gasteiger partial charge is 0.452 e. The molecule has 2 aromatic carbocycles. The van der Waals surface area contributed by atoms with E-state index in [1.165, 1.54) is 34.6 Å². The maximum atomic E-state index is 13.2. The van der Waals surface area contributed by atoms with Crippen LogP contribution in [0.5, 0.6) is 0 Å². The minimum absolute atomic E-state index is 0.00457. The summed E-state index contributed by atoms with van der Waals surface area (Å²) in [6, 6.07) is 7.79. The zero-order valence-electron chi connectivity index (χ0n) is 16.6. The van der Waals surface area contributed by atoms with Gasteiger partial charge in [-0.05, 0) is 42.8 Å². The molecule has 31 heavy (non-hydrogen) atoms. The van der Waals surface area contributed by atoms with Crippen molar-refractivity contribution in [1.82, 2.24) is 4.31 Å². The summed E-state index contributed by atoms with van der Waals surface area (Å²) in [5, 5.41) is 2.26. The van der Waals surface area contributed by atoms with E-state index in [1.54, 1.807) is 6.92 Å². The lowest BCUT2D eigenvalue weighted by Crippen LogP contribution is -2.40. The van der Waals surface area contributed by atoms with Crippen LogP contribution in [-0.4, -0.2) is 57.5 Å². The first-order chi connectivity index (χ1) is 14.7. The summed E-state index contributed by atoms with van der Waals surface area (Å²) in [5.74, 6) is -2.15. The number of carbonyl (C=O) groups excluding carboxylic acids is 2. The number of amides is 1. The van der Waals surface area contributed by atoms with Crippen LogP contribution in [0.4, 0.5) is 10.1 Å². The van der Waals surface area contributed by atoms with Gasteiger partial charge in [-0.1, -0.05) is 17.7 Å². The van der Waals surface area contributed by atoms with E-state index in [-0.39, 0.29) is 34.3 Å². The predicted octanol–water partition coefficient (Wildman–Crippen LogP) is 2.60. The number of ether oxygens (including phenoxy) is 2. The van der Waals surface area contributed by atoms with Crippen molar-refractivity contribution in [2.24, 2.45) is 0 Å². The van der Waals surface area contributed by atoms with E-state index in [0.717, 1.165) is 6.07 Å². The van der Waals surface area contributed by atoms with Gasteiger partial charge in [-0.25, -0.2) is 17.6 Å². The fraction of sp³-hybridized carbons (Fsp3) is 0.300. The average molecular weight is 471 g/mol. The van der Waals surface area contributed by atoms with Crippen LogP contribution in [0.15, 0.2) is 41.3 Å². The maximum absolute atomic E-state index is 13.2. The van der Waals surface area contributed by atoms with Crippen LogP contribution in [0.25, 0.3) is 0 Å². The Bertz CT molecular complexity index is 1100. The van der Waals surface area contributed by atoms with Crippen LogP contribution < -0.4 is 5.32 Å². The van der Waals surface area contributed by atoms with Crippen LogP contribution in [0.2, 0.25) is 5.02 Å². The van der Waals surface area contributed by atoms with Crippen molar-refractivity contribution in [1.29, 1.82) is 0 Å². The molecule has 0 unspecified atom stereocenters. The van der Waals surface area contributed by atoms with Crippen molar-refractivity contribution in [2.45, 2.75) is 11.8 Å². The van der Waals surface area contributed by atoms with Crippen molar-refractivity contribution in [3.8, 4) is 0 Å². The smallest absolute Gasteiger partial charge is 0.338 e. The monoisotopic (exact) mass is 470 g/mol. The van der Waals surface area contributed by atoms with Crippen molar-refractivity contribution in [3.05, 3.63) is 58.4 Å². The Morgan fingerprint density at radius 1 is 1.19 bits per heavy atom. The highest BCUT2D eigenvalue weighted by Crippen LogP contribution is 2.23. The Balaban J connectivity index is 1.67. The zero-order valence-corrected chi connectivity index (χ0v) is 18.1. The minimum Gasteiger partial charge on any atom is -0.452 e. The van der Waals surface area contributed by atoms with Gasteiger partial charge in [0.1, 0.15) is 5.82 Å². The third-order valence-corrected chi connectivity index (χ3v) is 6.88. The second kappa shape index (κ2) is 9.73. The number of nitrogens with zero attached hydrogens (tertiary/aromatic N) is 1. The fourth-order valence-corrected chi connectivity index (χ4v) is 4.76. The number of esters is 1. The Hall–Kier alpha value is -2.53. The summed E-state index contributed by atoms with van der Waals surface area (Å²) in [4.78, 5) is 24.4. The lowest BCUT2D eigenvalue weighted by atomic mass is 10.1. The topological polar surface area (TPSA) is 102 Å².